The number of aliphatic hydroxyl groups is 1. The third-order valence-corrected chi connectivity index (χ3v) is 7.88. The van der Waals surface area contributed by atoms with Gasteiger partial charge in [-0.2, -0.15) is 4.39 Å². The fourth-order valence-electron chi connectivity index (χ4n) is 4.96. The molecule has 54 heavy (non-hydrogen) atoms. The van der Waals surface area contributed by atoms with Crippen LogP contribution < -0.4 is 10.2 Å². The van der Waals surface area contributed by atoms with Crippen LogP contribution in [0.1, 0.15) is 29.8 Å². The number of hydrogen-bond acceptors (Lipinski definition) is 9. The van der Waals surface area contributed by atoms with Crippen molar-refractivity contribution in [1.82, 2.24) is 4.57 Å². The quantitative estimate of drug-likeness (QED) is 0.0311. The largest absolute Gasteiger partial charge is 0.506 e. The first-order valence-electron chi connectivity index (χ1n) is 15.3. The molecule has 0 radical (unpaired) electrons. The van der Waals surface area contributed by atoms with Crippen molar-refractivity contribution in [3.8, 4) is 22.9 Å². The minimum atomic E-state index is -2.17. The Morgan fingerprint density at radius 1 is 0.852 bits per heavy atom. The predicted molar refractivity (Wildman–Crippen MR) is 184 cm³/mol. The van der Waals surface area contributed by atoms with Gasteiger partial charge in [-0.15, -0.1) is 0 Å². The van der Waals surface area contributed by atoms with Gasteiger partial charge in [0.15, 0.2) is 40.6 Å². The van der Waals surface area contributed by atoms with E-state index in [9.17, 15) is 50.9 Å². The molecule has 0 atom stereocenters. The molecule has 0 saturated heterocycles. The fourth-order valence-corrected chi connectivity index (χ4v) is 5.29. The molecule has 2 N–H and O–H groups in total. The summed E-state index contributed by atoms with van der Waals surface area (Å²) in [6, 6.07) is 9.22. The fraction of sp³-hybridized carbons (Fsp3) is 0.111. The number of pyridine rings is 1. The molecular formula is C36H22Cl2F6N2O8. The lowest BCUT2D eigenvalue weighted by molar-refractivity contribution is -0.137. The minimum Gasteiger partial charge on any atom is -0.506 e. The summed E-state index contributed by atoms with van der Waals surface area (Å²) in [5.74, 6) is -14.3. The number of benzene rings is 4. The van der Waals surface area contributed by atoms with Gasteiger partial charge < -0.3 is 29.0 Å². The Hall–Kier alpha value is -6.00. The van der Waals surface area contributed by atoms with Crippen molar-refractivity contribution >= 4 is 63.7 Å². The van der Waals surface area contributed by atoms with Crippen LogP contribution in [0.5, 0.6) is 17.2 Å². The second-order valence-corrected chi connectivity index (χ2v) is 11.7. The van der Waals surface area contributed by atoms with E-state index >= 15 is 0 Å². The lowest BCUT2D eigenvalue weighted by Gasteiger charge is -2.24. The second-order valence-electron chi connectivity index (χ2n) is 10.8. The molecule has 1 aliphatic heterocycles. The van der Waals surface area contributed by atoms with Crippen LogP contribution in [-0.4, -0.2) is 46.1 Å². The number of halogens is 8. The van der Waals surface area contributed by atoms with Crippen molar-refractivity contribution < 1.29 is 60.4 Å². The summed E-state index contributed by atoms with van der Waals surface area (Å²) in [6.45, 7) is 2.94. The second kappa shape index (κ2) is 15.9. The van der Waals surface area contributed by atoms with E-state index in [2.05, 4.69) is 4.99 Å². The number of aromatic hydroxyl groups is 1. The molecule has 0 saturated carbocycles. The Balaban J connectivity index is 0.000000208. The minimum absolute atomic E-state index is 0.0108. The van der Waals surface area contributed by atoms with Gasteiger partial charge in [0.1, 0.15) is 33.8 Å². The van der Waals surface area contributed by atoms with Crippen molar-refractivity contribution in [2.75, 3.05) is 13.2 Å². The van der Waals surface area contributed by atoms with Gasteiger partial charge in [0.05, 0.1) is 29.9 Å². The molecule has 0 fully saturated rings. The third kappa shape index (κ3) is 7.56. The number of carbonyl (C=O) groups excluding carboxylic acids is 2. The number of hydrogen-bond donors (Lipinski definition) is 2. The zero-order valence-electron chi connectivity index (χ0n) is 27.4. The number of phenols is 1. The summed E-state index contributed by atoms with van der Waals surface area (Å²) in [5.41, 5.74) is -2.73. The van der Waals surface area contributed by atoms with Crippen LogP contribution in [0, 0.1) is 34.9 Å². The average molecular weight is 795 g/mol. The Bertz CT molecular complexity index is 2490. The summed E-state index contributed by atoms with van der Waals surface area (Å²) in [6.07, 6.45) is 1.90. The topological polar surface area (TPSA) is 137 Å². The van der Waals surface area contributed by atoms with E-state index < -0.39 is 74.9 Å². The highest BCUT2D eigenvalue weighted by Gasteiger charge is 2.29. The zero-order chi connectivity index (χ0) is 39.6. The van der Waals surface area contributed by atoms with Gasteiger partial charge in [-0.1, -0.05) is 23.2 Å². The normalized spacial score (nSPS) is 12.0. The van der Waals surface area contributed by atoms with E-state index in [0.717, 1.165) is 6.07 Å². The van der Waals surface area contributed by atoms with E-state index in [-0.39, 0.29) is 58.0 Å². The third-order valence-electron chi connectivity index (χ3n) is 7.40. The molecule has 0 unspecified atom stereocenters. The Morgan fingerprint density at radius 2 is 1.50 bits per heavy atom. The monoisotopic (exact) mass is 794 g/mol. The van der Waals surface area contributed by atoms with Crippen LogP contribution in [-0.2, 0) is 14.3 Å². The van der Waals surface area contributed by atoms with Crippen LogP contribution >= 0.6 is 23.2 Å². The van der Waals surface area contributed by atoms with Crippen molar-refractivity contribution in [2.24, 2.45) is 4.99 Å². The number of phenolic OH excluding ortho intramolecular Hbond substituents is 1. The van der Waals surface area contributed by atoms with Crippen LogP contribution in [0.25, 0.3) is 22.3 Å². The highest BCUT2D eigenvalue weighted by Crippen LogP contribution is 2.43. The number of carbonyl (C=O) groups is 2. The number of fused-ring (bicyclic) bond motifs is 2. The van der Waals surface area contributed by atoms with Gasteiger partial charge in [0, 0.05) is 22.5 Å². The predicted octanol–water partition coefficient (Wildman–Crippen LogP) is 9.04. The molecule has 5 aromatic rings. The standard InChI is InChI=1S/C18H12ClF4NO4.C18H10ClF2NO4/c1-2-28-18(27)10(7-24-12-5-8(19)3-4-13(12)25)17(26)9-6-11(20)15(22)16(23)14(9)21;1-2-25-18(24)10-7-22-12-5-8(19)3-4-13(12)26-17-14(21)11(20)6-9(15(17)22)16(10)23/h3-7,25-26H,2H2,1H3;3-7H,2H2,1H3. The molecule has 0 bridgehead atoms. The van der Waals surface area contributed by atoms with E-state index in [1.165, 1.54) is 54.1 Å². The number of nitrogens with zero attached hydrogens (tertiary/aromatic N) is 2. The number of aliphatic hydroxyl groups excluding tert-OH is 1. The Kier molecular flexibility index (Phi) is 11.6. The molecular weight excluding hydrogens is 773 g/mol. The van der Waals surface area contributed by atoms with Gasteiger partial charge in [-0.25, -0.2) is 31.5 Å². The molecule has 2 heterocycles. The molecule has 0 spiro atoms. The summed E-state index contributed by atoms with van der Waals surface area (Å²) >= 11 is 11.8. The van der Waals surface area contributed by atoms with Gasteiger partial charge in [-0.05, 0) is 62.4 Å². The van der Waals surface area contributed by atoms with Crippen LogP contribution in [0.2, 0.25) is 10.0 Å². The highest BCUT2D eigenvalue weighted by atomic mass is 35.5. The Morgan fingerprint density at radius 3 is 2.19 bits per heavy atom. The SMILES string of the molecule is CCOC(=O)C(C=Nc1cc(Cl)ccc1O)=C(O)c1cc(F)c(F)c(F)c1F.CCOC(=O)c1cn2c3c(c(F)c(F)cc3c1=O)Oc1ccc(Cl)cc1-2. The van der Waals surface area contributed by atoms with E-state index in [1.54, 1.807) is 6.92 Å². The molecule has 4 aromatic carbocycles. The Labute approximate surface area is 309 Å². The molecule has 1 aromatic heterocycles. The first-order valence-corrected chi connectivity index (χ1v) is 16.0. The van der Waals surface area contributed by atoms with Gasteiger partial charge in [0.25, 0.3) is 0 Å². The maximum Gasteiger partial charge on any atom is 0.343 e. The zero-order valence-corrected chi connectivity index (χ0v) is 29.0. The van der Waals surface area contributed by atoms with Gasteiger partial charge in [0.2, 0.25) is 11.2 Å². The van der Waals surface area contributed by atoms with Crippen LogP contribution in [0.3, 0.4) is 0 Å². The van der Waals surface area contributed by atoms with Crippen molar-refractivity contribution in [3.63, 3.8) is 0 Å². The molecule has 1 aliphatic rings. The van der Waals surface area contributed by atoms with Crippen molar-refractivity contribution in [1.29, 1.82) is 0 Å². The van der Waals surface area contributed by atoms with E-state index in [1.807, 2.05) is 0 Å². The first-order chi connectivity index (χ1) is 25.6. The molecule has 10 nitrogen and oxygen atoms in total. The molecule has 0 amide bonds. The summed E-state index contributed by atoms with van der Waals surface area (Å²) in [7, 11) is 0. The lowest BCUT2D eigenvalue weighted by atomic mass is 10.1. The molecule has 6 rings (SSSR count). The van der Waals surface area contributed by atoms with E-state index in [4.69, 9.17) is 37.4 Å². The number of esters is 2. The summed E-state index contributed by atoms with van der Waals surface area (Å²) in [4.78, 5) is 40.6. The molecule has 0 aliphatic carbocycles. The molecule has 18 heteroatoms. The van der Waals surface area contributed by atoms with Gasteiger partial charge in [-0.3, -0.25) is 9.79 Å². The first kappa shape index (κ1) is 39.2. The smallest absolute Gasteiger partial charge is 0.343 e. The average Bonchev–Trinajstić information content (AvgIpc) is 3.13. The maximum absolute atomic E-state index is 14.3. The van der Waals surface area contributed by atoms with Crippen molar-refractivity contribution in [2.45, 2.75) is 13.8 Å². The van der Waals surface area contributed by atoms with Gasteiger partial charge >= 0.3 is 11.9 Å². The number of ether oxygens (including phenoxy) is 3. The van der Waals surface area contributed by atoms with Crippen molar-refractivity contribution in [3.05, 3.63) is 127 Å². The van der Waals surface area contributed by atoms with Crippen LogP contribution in [0.4, 0.5) is 32.0 Å². The number of aromatic nitrogens is 1. The highest BCUT2D eigenvalue weighted by molar-refractivity contribution is 6.31. The maximum atomic E-state index is 14.3. The number of aliphatic imine (C=N–C) groups is 1. The van der Waals surface area contributed by atoms with E-state index in [0.29, 0.717) is 16.9 Å². The summed E-state index contributed by atoms with van der Waals surface area (Å²) in [5, 5.41) is 20.3. The molecule has 280 valence electrons. The van der Waals surface area contributed by atoms with Crippen LogP contribution in [0.15, 0.2) is 70.1 Å². The number of rotatable bonds is 7. The summed E-state index contributed by atoms with van der Waals surface area (Å²) < 4.78 is 98.7. The lowest BCUT2D eigenvalue weighted by Crippen LogP contribution is -2.22.